The minimum absolute atomic E-state index is 0.0143. The molecule has 0 aliphatic carbocycles. The predicted molar refractivity (Wildman–Crippen MR) is 133 cm³/mol. The molecule has 0 bridgehead atoms. The number of alkyl halides is 3. The van der Waals surface area contributed by atoms with Gasteiger partial charge in [-0.05, 0) is 49.1 Å². The standard InChI is InChI=1S/C26H30F3N3O3S/c1-15(2)17-7-9-18(10-8-17)22-21(24(34)35-16(3)4)23(26(27,28)29)30-25-32(22)19(14-36-25)13-20(33)31-11-5-6-12-31/h7-10,14-16,22H,5-6,11-13H2,1-4H3/t22-/m0/s1. The van der Waals surface area contributed by atoms with Crippen LogP contribution in [0, 0.1) is 0 Å². The van der Waals surface area contributed by atoms with Crippen LogP contribution in [0.1, 0.15) is 70.0 Å². The van der Waals surface area contributed by atoms with Crippen molar-refractivity contribution in [2.75, 3.05) is 13.1 Å². The van der Waals surface area contributed by atoms with Crippen LogP contribution in [0.4, 0.5) is 13.2 Å². The molecule has 1 amide bonds. The Bertz CT molecular complexity index is 1120. The Hall–Kier alpha value is -2.75. The summed E-state index contributed by atoms with van der Waals surface area (Å²) in [6.07, 6.45) is -3.60. The van der Waals surface area contributed by atoms with Crippen LogP contribution in [0.5, 0.6) is 0 Å². The number of aliphatic imine (C=N–C) groups is 1. The topological polar surface area (TPSA) is 62.2 Å². The molecule has 3 aliphatic rings. The lowest BCUT2D eigenvalue weighted by Gasteiger charge is -2.37. The van der Waals surface area contributed by atoms with Crippen LogP contribution in [0.2, 0.25) is 0 Å². The summed E-state index contributed by atoms with van der Waals surface area (Å²) in [7, 11) is 0. The first kappa shape index (κ1) is 26.3. The van der Waals surface area contributed by atoms with Crippen LogP contribution in [-0.2, 0) is 14.3 Å². The van der Waals surface area contributed by atoms with Crippen molar-refractivity contribution < 1.29 is 27.5 Å². The fourth-order valence-electron chi connectivity index (χ4n) is 4.57. The van der Waals surface area contributed by atoms with Crippen molar-refractivity contribution in [1.82, 2.24) is 9.80 Å². The first-order valence-electron chi connectivity index (χ1n) is 12.1. The Morgan fingerprint density at radius 3 is 2.31 bits per heavy atom. The van der Waals surface area contributed by atoms with Gasteiger partial charge in [-0.15, -0.1) is 0 Å². The van der Waals surface area contributed by atoms with Gasteiger partial charge in [0.25, 0.3) is 0 Å². The monoisotopic (exact) mass is 521 g/mol. The molecule has 0 unspecified atom stereocenters. The van der Waals surface area contributed by atoms with Crippen molar-refractivity contribution in [2.45, 2.75) is 71.2 Å². The number of amides is 1. The van der Waals surface area contributed by atoms with Crippen LogP contribution in [-0.4, -0.2) is 52.2 Å². The van der Waals surface area contributed by atoms with Gasteiger partial charge in [0.2, 0.25) is 5.91 Å². The Balaban J connectivity index is 1.82. The number of esters is 1. The van der Waals surface area contributed by atoms with Crippen LogP contribution >= 0.6 is 11.8 Å². The molecule has 0 aromatic heterocycles. The van der Waals surface area contributed by atoms with Crippen molar-refractivity contribution in [3.05, 3.63) is 57.8 Å². The SMILES string of the molecule is CC(C)OC(=O)C1=C(C(F)(F)F)N=C2SC=C(CC(=O)N3CCCC3)N2[C@H]1c1ccc(C(C)C)cc1. The van der Waals surface area contributed by atoms with Gasteiger partial charge in [-0.2, -0.15) is 13.2 Å². The number of nitrogens with zero attached hydrogens (tertiary/aromatic N) is 3. The second-order valence-corrected chi connectivity index (χ2v) is 10.5. The lowest BCUT2D eigenvalue weighted by molar-refractivity contribution is -0.144. The van der Waals surface area contributed by atoms with E-state index in [1.807, 2.05) is 26.0 Å². The molecule has 0 N–H and O–H groups in total. The largest absolute Gasteiger partial charge is 0.459 e. The average molecular weight is 522 g/mol. The summed E-state index contributed by atoms with van der Waals surface area (Å²) in [6.45, 7) is 8.56. The number of hydrogen-bond donors (Lipinski definition) is 0. The number of allylic oxidation sites excluding steroid dienone is 1. The van der Waals surface area contributed by atoms with Gasteiger partial charge in [-0.25, -0.2) is 9.79 Å². The number of likely N-dealkylation sites (tertiary alicyclic amines) is 1. The summed E-state index contributed by atoms with van der Waals surface area (Å²) < 4.78 is 48.0. The van der Waals surface area contributed by atoms with Gasteiger partial charge in [0.05, 0.1) is 24.1 Å². The van der Waals surface area contributed by atoms with E-state index in [1.165, 1.54) is 0 Å². The average Bonchev–Trinajstić information content (AvgIpc) is 3.47. The van der Waals surface area contributed by atoms with E-state index in [0.29, 0.717) is 24.4 Å². The van der Waals surface area contributed by atoms with Crippen LogP contribution in [0.3, 0.4) is 0 Å². The zero-order chi connectivity index (χ0) is 26.2. The van der Waals surface area contributed by atoms with Gasteiger partial charge >= 0.3 is 12.1 Å². The number of benzene rings is 1. The Morgan fingerprint density at radius 1 is 1.11 bits per heavy atom. The number of halogens is 3. The maximum absolute atomic E-state index is 14.2. The number of fused-ring (bicyclic) bond motifs is 1. The van der Waals surface area contributed by atoms with Gasteiger partial charge < -0.3 is 14.5 Å². The maximum Gasteiger partial charge on any atom is 0.434 e. The summed E-state index contributed by atoms with van der Waals surface area (Å²) in [5.74, 6) is -0.934. The number of carbonyl (C=O) groups excluding carboxylic acids is 2. The van der Waals surface area contributed by atoms with Crippen LogP contribution in [0.15, 0.2) is 51.6 Å². The minimum Gasteiger partial charge on any atom is -0.459 e. The Labute approximate surface area is 213 Å². The van der Waals surface area contributed by atoms with Crippen molar-refractivity contribution in [3.8, 4) is 0 Å². The molecule has 0 radical (unpaired) electrons. The lowest BCUT2D eigenvalue weighted by atomic mass is 9.91. The third kappa shape index (κ3) is 5.33. The molecule has 1 fully saturated rings. The highest BCUT2D eigenvalue weighted by atomic mass is 32.2. The highest BCUT2D eigenvalue weighted by molar-refractivity contribution is 8.16. The molecule has 194 valence electrons. The van der Waals surface area contributed by atoms with E-state index in [4.69, 9.17) is 4.74 Å². The van der Waals surface area contributed by atoms with Crippen LogP contribution in [0.25, 0.3) is 0 Å². The normalized spacial score (nSPS) is 20.2. The van der Waals surface area contributed by atoms with Gasteiger partial charge in [0.15, 0.2) is 10.9 Å². The highest BCUT2D eigenvalue weighted by Crippen LogP contribution is 2.48. The molecular formula is C26H30F3N3O3S. The van der Waals surface area contributed by atoms with E-state index in [2.05, 4.69) is 4.99 Å². The van der Waals surface area contributed by atoms with Gasteiger partial charge in [-0.3, -0.25) is 4.79 Å². The molecular weight excluding hydrogens is 491 g/mol. The number of ether oxygens (including phenoxy) is 1. The maximum atomic E-state index is 14.2. The third-order valence-electron chi connectivity index (χ3n) is 6.35. The van der Waals surface area contributed by atoms with Gasteiger partial charge in [-0.1, -0.05) is 49.9 Å². The summed E-state index contributed by atoms with van der Waals surface area (Å²) in [5, 5.41) is 1.75. The molecule has 6 nitrogen and oxygen atoms in total. The van der Waals surface area contributed by atoms with Crippen molar-refractivity contribution >= 4 is 28.8 Å². The fraction of sp³-hybridized carbons (Fsp3) is 0.500. The fourth-order valence-corrected chi connectivity index (χ4v) is 5.49. The zero-order valence-corrected chi connectivity index (χ0v) is 21.6. The van der Waals surface area contributed by atoms with E-state index in [-0.39, 0.29) is 23.4 Å². The second kappa shape index (κ2) is 10.3. The predicted octanol–water partition coefficient (Wildman–Crippen LogP) is 5.89. The van der Waals surface area contributed by atoms with E-state index in [9.17, 15) is 22.8 Å². The van der Waals surface area contributed by atoms with E-state index in [0.717, 1.165) is 30.2 Å². The number of hydrogen-bond acceptors (Lipinski definition) is 6. The highest BCUT2D eigenvalue weighted by Gasteiger charge is 2.49. The molecule has 0 spiro atoms. The summed E-state index contributed by atoms with van der Waals surface area (Å²) in [6, 6.07) is 6.05. The second-order valence-electron chi connectivity index (χ2n) is 9.69. The summed E-state index contributed by atoms with van der Waals surface area (Å²) >= 11 is 1.03. The van der Waals surface area contributed by atoms with E-state index >= 15 is 0 Å². The molecule has 1 saturated heterocycles. The van der Waals surface area contributed by atoms with Crippen molar-refractivity contribution in [1.29, 1.82) is 0 Å². The number of carbonyl (C=O) groups is 2. The molecule has 36 heavy (non-hydrogen) atoms. The number of rotatable bonds is 6. The van der Waals surface area contributed by atoms with E-state index in [1.54, 1.807) is 41.2 Å². The molecule has 3 heterocycles. The smallest absolute Gasteiger partial charge is 0.434 e. The molecule has 4 rings (SSSR count). The van der Waals surface area contributed by atoms with Gasteiger partial charge in [0.1, 0.15) is 0 Å². The first-order valence-corrected chi connectivity index (χ1v) is 13.0. The quantitative estimate of drug-likeness (QED) is 0.437. The Morgan fingerprint density at radius 2 is 1.75 bits per heavy atom. The molecule has 10 heteroatoms. The van der Waals surface area contributed by atoms with Crippen molar-refractivity contribution in [2.24, 2.45) is 4.99 Å². The van der Waals surface area contributed by atoms with E-state index < -0.39 is 35.6 Å². The van der Waals surface area contributed by atoms with Gasteiger partial charge in [0, 0.05) is 18.8 Å². The minimum atomic E-state index is -4.87. The number of thioether (sulfide) groups is 1. The zero-order valence-electron chi connectivity index (χ0n) is 20.8. The lowest BCUT2D eigenvalue weighted by Crippen LogP contribution is -2.40. The molecule has 1 atom stereocenters. The summed E-state index contributed by atoms with van der Waals surface area (Å²) in [5.41, 5.74) is 0.200. The Kier molecular flexibility index (Phi) is 7.54. The molecule has 1 aromatic rings. The van der Waals surface area contributed by atoms with Crippen molar-refractivity contribution in [3.63, 3.8) is 0 Å². The number of amidine groups is 1. The molecule has 0 saturated carbocycles. The molecule has 1 aromatic carbocycles. The molecule has 3 aliphatic heterocycles. The summed E-state index contributed by atoms with van der Waals surface area (Å²) in [4.78, 5) is 33.4. The first-order chi connectivity index (χ1) is 17.0. The third-order valence-corrected chi connectivity index (χ3v) is 7.24. The van der Waals surface area contributed by atoms with Crippen LogP contribution < -0.4 is 0 Å².